The second-order valence-corrected chi connectivity index (χ2v) is 5.08. The number of rotatable bonds is 5. The maximum atomic E-state index is 11.8. The Kier molecular flexibility index (Phi) is 5.33. The van der Waals surface area contributed by atoms with Crippen LogP contribution in [0.3, 0.4) is 0 Å². The molecule has 0 fully saturated rings. The maximum Gasteiger partial charge on any atom is 0.246 e. The molecule has 2 rings (SSSR count). The number of carbonyl (C=O) groups excluding carboxylic acids is 1. The molecular formula is C19H21NO. The van der Waals surface area contributed by atoms with Gasteiger partial charge in [0.25, 0.3) is 0 Å². The molecule has 0 heterocycles. The van der Waals surface area contributed by atoms with Crippen molar-refractivity contribution in [1.29, 1.82) is 0 Å². The van der Waals surface area contributed by atoms with E-state index in [1.807, 2.05) is 43.5 Å². The number of benzene rings is 2. The lowest BCUT2D eigenvalue weighted by atomic mass is 10.0. The predicted octanol–water partition coefficient (Wildman–Crippen LogP) is 4.24. The van der Waals surface area contributed by atoms with Gasteiger partial charge in [0.2, 0.25) is 5.91 Å². The van der Waals surface area contributed by atoms with Crippen molar-refractivity contribution < 1.29 is 4.79 Å². The molecule has 0 N–H and O–H groups in total. The third-order valence-electron chi connectivity index (χ3n) is 3.37. The second kappa shape index (κ2) is 7.44. The van der Waals surface area contributed by atoms with Crippen LogP contribution in [0.15, 0.2) is 60.7 Å². The molecule has 0 saturated carbocycles. The molecule has 0 saturated heterocycles. The monoisotopic (exact) mass is 279 g/mol. The molecule has 0 unspecified atom stereocenters. The Hall–Kier alpha value is -2.35. The molecule has 0 bridgehead atoms. The van der Waals surface area contributed by atoms with Crippen LogP contribution in [0.4, 0.5) is 0 Å². The van der Waals surface area contributed by atoms with Crippen LogP contribution >= 0.6 is 0 Å². The summed E-state index contributed by atoms with van der Waals surface area (Å²) in [6, 6.07) is 18.5. The topological polar surface area (TPSA) is 20.3 Å². The molecule has 108 valence electrons. The van der Waals surface area contributed by atoms with Crippen molar-refractivity contribution in [3.63, 3.8) is 0 Å². The van der Waals surface area contributed by atoms with Crippen LogP contribution in [0.2, 0.25) is 0 Å². The lowest BCUT2D eigenvalue weighted by Gasteiger charge is -2.12. The molecule has 0 atom stereocenters. The maximum absolute atomic E-state index is 11.8. The molecule has 2 heteroatoms. The van der Waals surface area contributed by atoms with Crippen molar-refractivity contribution in [3.8, 4) is 11.1 Å². The van der Waals surface area contributed by atoms with Crippen molar-refractivity contribution in [2.75, 3.05) is 13.6 Å². The third-order valence-corrected chi connectivity index (χ3v) is 3.37. The van der Waals surface area contributed by atoms with Crippen molar-refractivity contribution in [2.45, 2.75) is 13.3 Å². The normalized spacial score (nSPS) is 10.8. The molecule has 0 aliphatic rings. The molecule has 0 aromatic heterocycles. The van der Waals surface area contributed by atoms with Gasteiger partial charge in [0.1, 0.15) is 0 Å². The van der Waals surface area contributed by atoms with E-state index in [0.29, 0.717) is 0 Å². The van der Waals surface area contributed by atoms with Crippen LogP contribution in [-0.4, -0.2) is 24.4 Å². The van der Waals surface area contributed by atoms with E-state index in [2.05, 4.69) is 31.2 Å². The van der Waals surface area contributed by atoms with E-state index in [9.17, 15) is 4.79 Å². The summed E-state index contributed by atoms with van der Waals surface area (Å²) in [7, 11) is 1.83. The average Bonchev–Trinajstić information content (AvgIpc) is 2.54. The fourth-order valence-electron chi connectivity index (χ4n) is 2.16. The summed E-state index contributed by atoms with van der Waals surface area (Å²) in [5, 5.41) is 0. The Balaban J connectivity index is 2.04. The van der Waals surface area contributed by atoms with Crippen LogP contribution in [0, 0.1) is 0 Å². The van der Waals surface area contributed by atoms with Crippen LogP contribution in [0.25, 0.3) is 17.2 Å². The summed E-state index contributed by atoms with van der Waals surface area (Å²) < 4.78 is 0. The van der Waals surface area contributed by atoms with Crippen molar-refractivity contribution in [3.05, 3.63) is 66.2 Å². The predicted molar refractivity (Wildman–Crippen MR) is 88.8 cm³/mol. The van der Waals surface area contributed by atoms with Gasteiger partial charge in [-0.1, -0.05) is 61.5 Å². The van der Waals surface area contributed by atoms with E-state index in [0.717, 1.165) is 18.5 Å². The Labute approximate surface area is 126 Å². The Morgan fingerprint density at radius 1 is 1.00 bits per heavy atom. The quantitative estimate of drug-likeness (QED) is 0.750. The third kappa shape index (κ3) is 4.32. The summed E-state index contributed by atoms with van der Waals surface area (Å²) in [4.78, 5) is 13.6. The zero-order valence-electron chi connectivity index (χ0n) is 12.6. The highest BCUT2D eigenvalue weighted by Crippen LogP contribution is 2.19. The van der Waals surface area contributed by atoms with Crippen LogP contribution in [-0.2, 0) is 4.79 Å². The van der Waals surface area contributed by atoms with Crippen molar-refractivity contribution >= 4 is 12.0 Å². The minimum atomic E-state index is 0.0454. The summed E-state index contributed by atoms with van der Waals surface area (Å²) in [6.07, 6.45) is 4.47. The molecule has 0 radical (unpaired) electrons. The molecule has 0 spiro atoms. The van der Waals surface area contributed by atoms with Gasteiger partial charge in [-0.25, -0.2) is 0 Å². The minimum Gasteiger partial charge on any atom is -0.342 e. The average molecular weight is 279 g/mol. The van der Waals surface area contributed by atoms with E-state index in [1.165, 1.54) is 11.1 Å². The largest absolute Gasteiger partial charge is 0.342 e. The van der Waals surface area contributed by atoms with Crippen LogP contribution < -0.4 is 0 Å². The first-order valence-electron chi connectivity index (χ1n) is 7.29. The van der Waals surface area contributed by atoms with Gasteiger partial charge >= 0.3 is 0 Å². The first kappa shape index (κ1) is 15.0. The van der Waals surface area contributed by atoms with Gasteiger partial charge in [0.05, 0.1) is 0 Å². The van der Waals surface area contributed by atoms with Gasteiger partial charge in [-0.3, -0.25) is 4.79 Å². The molecule has 2 aromatic carbocycles. The number of nitrogens with zero attached hydrogens (tertiary/aromatic N) is 1. The minimum absolute atomic E-state index is 0.0454. The van der Waals surface area contributed by atoms with Gasteiger partial charge in [-0.05, 0) is 29.2 Å². The van der Waals surface area contributed by atoms with E-state index < -0.39 is 0 Å². The number of hydrogen-bond donors (Lipinski definition) is 0. The zero-order valence-corrected chi connectivity index (χ0v) is 12.6. The van der Waals surface area contributed by atoms with Crippen molar-refractivity contribution in [2.24, 2.45) is 0 Å². The summed E-state index contributed by atoms with van der Waals surface area (Å²) in [5.41, 5.74) is 3.42. The lowest BCUT2D eigenvalue weighted by molar-refractivity contribution is -0.124. The Morgan fingerprint density at radius 2 is 1.62 bits per heavy atom. The van der Waals surface area contributed by atoms with Gasteiger partial charge in [0.15, 0.2) is 0 Å². The molecule has 1 amide bonds. The fourth-order valence-corrected chi connectivity index (χ4v) is 2.16. The van der Waals surface area contributed by atoms with E-state index in [-0.39, 0.29) is 5.91 Å². The van der Waals surface area contributed by atoms with Crippen molar-refractivity contribution in [1.82, 2.24) is 4.90 Å². The highest BCUT2D eigenvalue weighted by atomic mass is 16.2. The highest BCUT2D eigenvalue weighted by Gasteiger charge is 2.02. The first-order chi connectivity index (χ1) is 10.2. The SMILES string of the molecule is CCCN(C)C(=O)C=Cc1ccc(-c2ccccc2)cc1. The number of hydrogen-bond acceptors (Lipinski definition) is 1. The summed E-state index contributed by atoms with van der Waals surface area (Å²) >= 11 is 0. The molecular weight excluding hydrogens is 258 g/mol. The molecule has 21 heavy (non-hydrogen) atoms. The zero-order chi connectivity index (χ0) is 15.1. The molecule has 2 aromatic rings. The van der Waals surface area contributed by atoms with E-state index in [4.69, 9.17) is 0 Å². The lowest BCUT2D eigenvalue weighted by Crippen LogP contribution is -2.25. The van der Waals surface area contributed by atoms with E-state index >= 15 is 0 Å². The molecule has 2 nitrogen and oxygen atoms in total. The van der Waals surface area contributed by atoms with Gasteiger partial charge in [-0.2, -0.15) is 0 Å². The van der Waals surface area contributed by atoms with Gasteiger partial charge in [0, 0.05) is 19.7 Å². The van der Waals surface area contributed by atoms with Gasteiger partial charge < -0.3 is 4.90 Å². The van der Waals surface area contributed by atoms with Crippen LogP contribution in [0.5, 0.6) is 0 Å². The summed E-state index contributed by atoms with van der Waals surface area (Å²) in [6.45, 7) is 2.85. The number of likely N-dealkylation sites (N-methyl/N-ethyl adjacent to an activating group) is 1. The van der Waals surface area contributed by atoms with Crippen LogP contribution in [0.1, 0.15) is 18.9 Å². The Bertz CT molecular complexity index is 599. The smallest absolute Gasteiger partial charge is 0.246 e. The number of amides is 1. The summed E-state index contributed by atoms with van der Waals surface area (Å²) in [5.74, 6) is 0.0454. The molecule has 0 aliphatic carbocycles. The second-order valence-electron chi connectivity index (χ2n) is 5.08. The first-order valence-corrected chi connectivity index (χ1v) is 7.29. The number of carbonyl (C=O) groups is 1. The highest BCUT2D eigenvalue weighted by molar-refractivity contribution is 5.91. The standard InChI is InChI=1S/C19H21NO/c1-3-15-20(2)19(21)14-11-16-9-12-18(13-10-16)17-7-5-4-6-8-17/h4-14H,3,15H2,1-2H3. The fraction of sp³-hybridized carbons (Fsp3) is 0.211. The van der Waals surface area contributed by atoms with Gasteiger partial charge in [-0.15, -0.1) is 0 Å². The Morgan fingerprint density at radius 3 is 2.24 bits per heavy atom. The van der Waals surface area contributed by atoms with E-state index in [1.54, 1.807) is 11.0 Å². The molecule has 0 aliphatic heterocycles.